The predicted octanol–water partition coefficient (Wildman–Crippen LogP) is 4.01. The van der Waals surface area contributed by atoms with Crippen molar-refractivity contribution in [3.8, 4) is 11.5 Å². The molecule has 24 heavy (non-hydrogen) atoms. The lowest BCUT2D eigenvalue weighted by atomic mass is 10.2. The molecule has 0 spiro atoms. The molecule has 2 rings (SSSR count). The van der Waals surface area contributed by atoms with Gasteiger partial charge < -0.3 is 9.47 Å². The van der Waals surface area contributed by atoms with E-state index in [0.717, 1.165) is 15.8 Å². The van der Waals surface area contributed by atoms with Gasteiger partial charge in [-0.1, -0.05) is 28.1 Å². The quantitative estimate of drug-likeness (QED) is 0.598. The van der Waals surface area contributed by atoms with Gasteiger partial charge in [-0.15, -0.1) is 0 Å². The van der Waals surface area contributed by atoms with E-state index in [0.29, 0.717) is 11.3 Å². The molecule has 6 heteroatoms. The first-order valence-electron chi connectivity index (χ1n) is 7.43. The second kappa shape index (κ2) is 8.49. The summed E-state index contributed by atoms with van der Waals surface area (Å²) in [6, 6.07) is 12.7. The van der Waals surface area contributed by atoms with Crippen molar-refractivity contribution in [3.63, 3.8) is 0 Å². The maximum Gasteiger partial charge on any atom is 0.275 e. The number of methoxy groups -OCH3 is 1. The molecule has 0 radical (unpaired) electrons. The number of carbonyl (C=O) groups is 1. The fraction of sp³-hybridized carbons (Fsp3) is 0.222. The standard InChI is InChI=1S/C18H19BrN2O3/c1-12(2)24-17-8-7-14(19)10-16(17)18(22)21-20-11-13-5-4-6-15(9-13)23-3/h4-12H,1-3H3,(H,21,22). The third-order valence-corrected chi connectivity index (χ3v) is 3.52. The highest BCUT2D eigenvalue weighted by Crippen LogP contribution is 2.24. The van der Waals surface area contributed by atoms with Crippen molar-refractivity contribution in [2.45, 2.75) is 20.0 Å². The van der Waals surface area contributed by atoms with Crippen LogP contribution in [-0.2, 0) is 0 Å². The van der Waals surface area contributed by atoms with E-state index in [2.05, 4.69) is 26.5 Å². The van der Waals surface area contributed by atoms with Crippen molar-refractivity contribution in [1.82, 2.24) is 5.43 Å². The summed E-state index contributed by atoms with van der Waals surface area (Å²) >= 11 is 3.36. The van der Waals surface area contributed by atoms with Gasteiger partial charge in [0, 0.05) is 4.47 Å². The van der Waals surface area contributed by atoms with Gasteiger partial charge >= 0.3 is 0 Å². The van der Waals surface area contributed by atoms with Crippen molar-refractivity contribution >= 4 is 28.1 Å². The maximum absolute atomic E-state index is 12.4. The van der Waals surface area contributed by atoms with Crippen LogP contribution in [0, 0.1) is 0 Å². The second-order valence-electron chi connectivity index (χ2n) is 5.28. The van der Waals surface area contributed by atoms with E-state index >= 15 is 0 Å². The lowest BCUT2D eigenvalue weighted by molar-refractivity contribution is 0.0949. The molecule has 0 saturated carbocycles. The van der Waals surface area contributed by atoms with Crippen molar-refractivity contribution in [2.75, 3.05) is 7.11 Å². The van der Waals surface area contributed by atoms with E-state index in [1.807, 2.05) is 44.2 Å². The number of halogens is 1. The summed E-state index contributed by atoms with van der Waals surface area (Å²) in [6.07, 6.45) is 1.53. The van der Waals surface area contributed by atoms with Gasteiger partial charge in [-0.3, -0.25) is 4.79 Å². The first-order chi connectivity index (χ1) is 11.5. The number of ether oxygens (including phenoxy) is 2. The van der Waals surface area contributed by atoms with Crippen LogP contribution in [0.3, 0.4) is 0 Å². The number of nitrogens with zero attached hydrogens (tertiary/aromatic N) is 1. The highest BCUT2D eigenvalue weighted by atomic mass is 79.9. The average molecular weight is 391 g/mol. The summed E-state index contributed by atoms with van der Waals surface area (Å²) < 4.78 is 11.6. The molecule has 5 nitrogen and oxygen atoms in total. The Kier molecular flexibility index (Phi) is 6.37. The summed E-state index contributed by atoms with van der Waals surface area (Å²) in [6.45, 7) is 3.81. The Labute approximate surface area is 149 Å². The minimum atomic E-state index is -0.342. The lowest BCUT2D eigenvalue weighted by Crippen LogP contribution is -2.20. The Morgan fingerprint density at radius 2 is 2.04 bits per heavy atom. The van der Waals surface area contributed by atoms with Crippen LogP contribution in [0.15, 0.2) is 52.0 Å². The van der Waals surface area contributed by atoms with E-state index in [1.54, 1.807) is 25.5 Å². The number of hydrogen-bond donors (Lipinski definition) is 1. The summed E-state index contributed by atoms with van der Waals surface area (Å²) in [7, 11) is 1.60. The normalized spacial score (nSPS) is 10.9. The van der Waals surface area contributed by atoms with Crippen LogP contribution in [0.5, 0.6) is 11.5 Å². The monoisotopic (exact) mass is 390 g/mol. The highest BCUT2D eigenvalue weighted by molar-refractivity contribution is 9.10. The van der Waals surface area contributed by atoms with Gasteiger partial charge in [-0.25, -0.2) is 5.43 Å². The summed E-state index contributed by atoms with van der Waals surface area (Å²) in [5, 5.41) is 3.99. The molecule has 0 aliphatic heterocycles. The topological polar surface area (TPSA) is 59.9 Å². The fourth-order valence-electron chi connectivity index (χ4n) is 1.98. The van der Waals surface area contributed by atoms with E-state index < -0.39 is 0 Å². The first kappa shape index (κ1) is 18.0. The van der Waals surface area contributed by atoms with Gasteiger partial charge in [0.15, 0.2) is 0 Å². The summed E-state index contributed by atoms with van der Waals surface area (Å²) in [4.78, 5) is 12.4. The molecule has 0 heterocycles. The van der Waals surface area contributed by atoms with Crippen LogP contribution in [-0.4, -0.2) is 25.3 Å². The molecule has 0 atom stereocenters. The predicted molar refractivity (Wildman–Crippen MR) is 98.0 cm³/mol. The number of carbonyl (C=O) groups excluding carboxylic acids is 1. The minimum Gasteiger partial charge on any atom is -0.497 e. The van der Waals surface area contributed by atoms with Crippen LogP contribution in [0.2, 0.25) is 0 Å². The molecule has 0 fully saturated rings. The third kappa shape index (κ3) is 5.09. The zero-order valence-corrected chi connectivity index (χ0v) is 15.3. The van der Waals surface area contributed by atoms with Gasteiger partial charge in [-0.2, -0.15) is 5.10 Å². The number of nitrogens with one attached hydrogen (secondary N) is 1. The van der Waals surface area contributed by atoms with Crippen molar-refractivity contribution in [3.05, 3.63) is 58.1 Å². The Hall–Kier alpha value is -2.34. The molecule has 1 amide bonds. The van der Waals surface area contributed by atoms with E-state index in [4.69, 9.17) is 9.47 Å². The molecule has 0 bridgehead atoms. The summed E-state index contributed by atoms with van der Waals surface area (Å²) in [5.74, 6) is 0.901. The SMILES string of the molecule is COc1cccc(C=NNC(=O)c2cc(Br)ccc2OC(C)C)c1. The Morgan fingerprint density at radius 1 is 1.25 bits per heavy atom. The largest absolute Gasteiger partial charge is 0.497 e. The van der Waals surface area contributed by atoms with Gasteiger partial charge in [-0.05, 0) is 49.7 Å². The zero-order valence-electron chi connectivity index (χ0n) is 13.7. The van der Waals surface area contributed by atoms with Crippen LogP contribution >= 0.6 is 15.9 Å². The fourth-order valence-corrected chi connectivity index (χ4v) is 2.34. The molecule has 0 unspecified atom stereocenters. The molecule has 2 aromatic rings. The zero-order chi connectivity index (χ0) is 17.5. The molecule has 126 valence electrons. The molecule has 0 saturated heterocycles. The highest BCUT2D eigenvalue weighted by Gasteiger charge is 2.13. The van der Waals surface area contributed by atoms with Gasteiger partial charge in [0.25, 0.3) is 5.91 Å². The molecule has 0 aromatic heterocycles. The van der Waals surface area contributed by atoms with Crippen LogP contribution in [0.4, 0.5) is 0 Å². The number of benzene rings is 2. The van der Waals surface area contributed by atoms with Crippen LogP contribution in [0.1, 0.15) is 29.8 Å². The maximum atomic E-state index is 12.4. The van der Waals surface area contributed by atoms with Crippen molar-refractivity contribution < 1.29 is 14.3 Å². The number of hydrazone groups is 1. The molecule has 0 aliphatic rings. The number of rotatable bonds is 6. The Morgan fingerprint density at radius 3 is 2.75 bits per heavy atom. The van der Waals surface area contributed by atoms with Gasteiger partial charge in [0.2, 0.25) is 0 Å². The molecule has 1 N–H and O–H groups in total. The van der Waals surface area contributed by atoms with Gasteiger partial charge in [0.05, 0.1) is 25.0 Å². The van der Waals surface area contributed by atoms with Crippen LogP contribution in [0.25, 0.3) is 0 Å². The number of hydrogen-bond acceptors (Lipinski definition) is 4. The van der Waals surface area contributed by atoms with Gasteiger partial charge in [0.1, 0.15) is 11.5 Å². The Balaban J connectivity index is 2.11. The first-order valence-corrected chi connectivity index (χ1v) is 8.22. The molecular formula is C18H19BrN2O3. The number of amides is 1. The van der Waals surface area contributed by atoms with Crippen molar-refractivity contribution in [2.24, 2.45) is 5.10 Å². The molecular weight excluding hydrogens is 372 g/mol. The summed E-state index contributed by atoms with van der Waals surface area (Å²) in [5.41, 5.74) is 3.75. The Bertz CT molecular complexity index is 745. The van der Waals surface area contributed by atoms with E-state index in [1.165, 1.54) is 0 Å². The second-order valence-corrected chi connectivity index (χ2v) is 6.20. The molecule has 0 aliphatic carbocycles. The lowest BCUT2D eigenvalue weighted by Gasteiger charge is -2.13. The third-order valence-electron chi connectivity index (χ3n) is 3.02. The van der Waals surface area contributed by atoms with E-state index in [9.17, 15) is 4.79 Å². The smallest absolute Gasteiger partial charge is 0.275 e. The average Bonchev–Trinajstić information content (AvgIpc) is 2.56. The van der Waals surface area contributed by atoms with Crippen LogP contribution < -0.4 is 14.9 Å². The molecule has 2 aromatic carbocycles. The van der Waals surface area contributed by atoms with Crippen molar-refractivity contribution in [1.29, 1.82) is 0 Å². The minimum absolute atomic E-state index is 0.0296. The van der Waals surface area contributed by atoms with E-state index in [-0.39, 0.29) is 12.0 Å².